The molecule has 1 atom stereocenters. The number of aromatic nitrogens is 3. The third kappa shape index (κ3) is 3.62. The van der Waals surface area contributed by atoms with Gasteiger partial charge in [-0.3, -0.25) is 4.68 Å². The van der Waals surface area contributed by atoms with Gasteiger partial charge in [-0.05, 0) is 29.8 Å². The molecule has 0 unspecified atom stereocenters. The first kappa shape index (κ1) is 12.7. The number of nitrogens with one attached hydrogen (secondary N) is 1. The summed E-state index contributed by atoms with van der Waals surface area (Å²) < 4.78 is 2.95. The van der Waals surface area contributed by atoms with Crippen molar-refractivity contribution in [3.05, 3.63) is 32.9 Å². The summed E-state index contributed by atoms with van der Waals surface area (Å²) in [6.45, 7) is 5.94. The highest BCUT2D eigenvalue weighted by atomic mass is 79.9. The Hall–Kier alpha value is -0.720. The van der Waals surface area contributed by atoms with E-state index in [0.717, 1.165) is 23.3 Å². The summed E-state index contributed by atoms with van der Waals surface area (Å²) in [7, 11) is 0. The Labute approximate surface area is 113 Å². The molecule has 0 aliphatic rings. The van der Waals surface area contributed by atoms with Gasteiger partial charge in [0.05, 0.1) is 28.4 Å². The van der Waals surface area contributed by atoms with Crippen molar-refractivity contribution in [2.24, 2.45) is 0 Å². The van der Waals surface area contributed by atoms with Gasteiger partial charge in [0.25, 0.3) is 0 Å². The molecule has 2 rings (SSSR count). The predicted octanol–water partition coefficient (Wildman–Crippen LogP) is 2.59. The Morgan fingerprint density at radius 2 is 2.41 bits per heavy atom. The SMILES string of the molecule is Cc1ncsc1CN[C@H](C)Cn1cc(Br)cn1. The van der Waals surface area contributed by atoms with Crippen molar-refractivity contribution >= 4 is 27.3 Å². The highest BCUT2D eigenvalue weighted by Gasteiger charge is 2.06. The highest BCUT2D eigenvalue weighted by molar-refractivity contribution is 9.10. The largest absolute Gasteiger partial charge is 0.307 e. The first-order chi connectivity index (χ1) is 8.15. The normalized spacial score (nSPS) is 12.9. The summed E-state index contributed by atoms with van der Waals surface area (Å²) in [5, 5.41) is 7.72. The van der Waals surface area contributed by atoms with E-state index in [1.165, 1.54) is 4.88 Å². The Kier molecular flexibility index (Phi) is 4.31. The second kappa shape index (κ2) is 5.75. The maximum atomic E-state index is 4.24. The molecule has 0 radical (unpaired) electrons. The minimum atomic E-state index is 0.378. The predicted molar refractivity (Wildman–Crippen MR) is 73.1 cm³/mol. The van der Waals surface area contributed by atoms with Gasteiger partial charge in [-0.2, -0.15) is 5.10 Å². The fraction of sp³-hybridized carbons (Fsp3) is 0.455. The molecular formula is C11H15BrN4S. The van der Waals surface area contributed by atoms with Gasteiger partial charge >= 0.3 is 0 Å². The van der Waals surface area contributed by atoms with E-state index in [-0.39, 0.29) is 0 Å². The maximum absolute atomic E-state index is 4.24. The van der Waals surface area contributed by atoms with Crippen molar-refractivity contribution < 1.29 is 0 Å². The first-order valence-electron chi connectivity index (χ1n) is 5.45. The lowest BCUT2D eigenvalue weighted by Crippen LogP contribution is -2.30. The van der Waals surface area contributed by atoms with Crippen LogP contribution >= 0.6 is 27.3 Å². The number of thiazole rings is 1. The van der Waals surface area contributed by atoms with Gasteiger partial charge in [0.15, 0.2) is 0 Å². The summed E-state index contributed by atoms with van der Waals surface area (Å²) in [5.74, 6) is 0. The number of hydrogen-bond donors (Lipinski definition) is 1. The fourth-order valence-corrected chi connectivity index (χ4v) is 2.60. The van der Waals surface area contributed by atoms with E-state index in [4.69, 9.17) is 0 Å². The molecule has 0 fully saturated rings. The monoisotopic (exact) mass is 314 g/mol. The molecule has 4 nitrogen and oxygen atoms in total. The lowest BCUT2D eigenvalue weighted by atomic mass is 10.3. The van der Waals surface area contributed by atoms with Gasteiger partial charge in [0.1, 0.15) is 0 Å². The first-order valence-corrected chi connectivity index (χ1v) is 7.12. The number of rotatable bonds is 5. The smallest absolute Gasteiger partial charge is 0.0798 e. The molecule has 6 heteroatoms. The zero-order valence-corrected chi connectivity index (χ0v) is 12.3. The molecule has 0 spiro atoms. The highest BCUT2D eigenvalue weighted by Crippen LogP contribution is 2.12. The Morgan fingerprint density at radius 1 is 1.59 bits per heavy atom. The quantitative estimate of drug-likeness (QED) is 0.922. The molecule has 0 aliphatic heterocycles. The number of aryl methyl sites for hydroxylation is 1. The van der Waals surface area contributed by atoms with E-state index in [1.807, 2.05) is 23.3 Å². The zero-order chi connectivity index (χ0) is 12.3. The van der Waals surface area contributed by atoms with Crippen molar-refractivity contribution in [3.63, 3.8) is 0 Å². The summed E-state index contributed by atoms with van der Waals surface area (Å²) in [6.07, 6.45) is 3.79. The molecule has 0 aliphatic carbocycles. The van der Waals surface area contributed by atoms with Crippen molar-refractivity contribution in [3.8, 4) is 0 Å². The van der Waals surface area contributed by atoms with Crippen molar-refractivity contribution in [2.45, 2.75) is 33.0 Å². The van der Waals surface area contributed by atoms with E-state index in [1.54, 1.807) is 17.5 Å². The summed E-state index contributed by atoms with van der Waals surface area (Å²) in [5.41, 5.74) is 3.01. The zero-order valence-electron chi connectivity index (χ0n) is 9.85. The van der Waals surface area contributed by atoms with Crippen LogP contribution in [0.1, 0.15) is 17.5 Å². The minimum Gasteiger partial charge on any atom is -0.307 e. The van der Waals surface area contributed by atoms with Crippen LogP contribution in [-0.4, -0.2) is 20.8 Å². The van der Waals surface area contributed by atoms with Gasteiger partial charge in [-0.25, -0.2) is 4.98 Å². The van der Waals surface area contributed by atoms with E-state index in [2.05, 4.69) is 38.3 Å². The molecule has 0 saturated heterocycles. The van der Waals surface area contributed by atoms with Crippen LogP contribution in [0.25, 0.3) is 0 Å². The average Bonchev–Trinajstić information content (AvgIpc) is 2.85. The van der Waals surface area contributed by atoms with Crippen LogP contribution in [0.3, 0.4) is 0 Å². The average molecular weight is 315 g/mol. The number of halogens is 1. The standard InChI is InChI=1S/C11H15BrN4S/c1-8(5-16-6-10(12)3-15-16)13-4-11-9(2)14-7-17-11/h3,6-8,13H,4-5H2,1-2H3/t8-/m1/s1. The molecule has 0 saturated carbocycles. The van der Waals surface area contributed by atoms with Crippen molar-refractivity contribution in [1.29, 1.82) is 0 Å². The second-order valence-corrected chi connectivity index (χ2v) is 5.88. The summed E-state index contributed by atoms with van der Waals surface area (Å²) in [6, 6.07) is 0.378. The molecule has 2 aromatic rings. The van der Waals surface area contributed by atoms with E-state index < -0.39 is 0 Å². The van der Waals surface area contributed by atoms with Crippen LogP contribution in [0.15, 0.2) is 22.4 Å². The van der Waals surface area contributed by atoms with Gasteiger partial charge < -0.3 is 5.32 Å². The van der Waals surface area contributed by atoms with Crippen LogP contribution < -0.4 is 5.32 Å². The topological polar surface area (TPSA) is 42.7 Å². The fourth-order valence-electron chi connectivity index (χ4n) is 1.55. The summed E-state index contributed by atoms with van der Waals surface area (Å²) >= 11 is 5.09. The molecule has 0 amide bonds. The van der Waals surface area contributed by atoms with Crippen LogP contribution in [0.4, 0.5) is 0 Å². The van der Waals surface area contributed by atoms with E-state index in [9.17, 15) is 0 Å². The molecule has 17 heavy (non-hydrogen) atoms. The van der Waals surface area contributed by atoms with Crippen LogP contribution in [0, 0.1) is 6.92 Å². The molecule has 0 bridgehead atoms. The molecule has 92 valence electrons. The van der Waals surface area contributed by atoms with Gasteiger partial charge in [-0.15, -0.1) is 11.3 Å². The van der Waals surface area contributed by atoms with Crippen molar-refractivity contribution in [1.82, 2.24) is 20.1 Å². The number of nitrogens with zero attached hydrogens (tertiary/aromatic N) is 3. The van der Waals surface area contributed by atoms with Gasteiger partial charge in [0, 0.05) is 23.7 Å². The number of hydrogen-bond acceptors (Lipinski definition) is 4. The summed E-state index contributed by atoms with van der Waals surface area (Å²) in [4.78, 5) is 5.54. The Morgan fingerprint density at radius 3 is 3.00 bits per heavy atom. The second-order valence-electron chi connectivity index (χ2n) is 4.02. The van der Waals surface area contributed by atoms with Crippen LogP contribution in [-0.2, 0) is 13.1 Å². The van der Waals surface area contributed by atoms with E-state index >= 15 is 0 Å². The lowest BCUT2D eigenvalue weighted by Gasteiger charge is -2.13. The lowest BCUT2D eigenvalue weighted by molar-refractivity contribution is 0.452. The van der Waals surface area contributed by atoms with Gasteiger partial charge in [0.2, 0.25) is 0 Å². The molecular weight excluding hydrogens is 300 g/mol. The molecule has 2 heterocycles. The molecule has 2 aromatic heterocycles. The molecule has 1 N–H and O–H groups in total. The van der Waals surface area contributed by atoms with Crippen molar-refractivity contribution in [2.75, 3.05) is 0 Å². The van der Waals surface area contributed by atoms with Crippen LogP contribution in [0.5, 0.6) is 0 Å². The molecule has 0 aromatic carbocycles. The minimum absolute atomic E-state index is 0.378. The Balaban J connectivity index is 1.82. The Bertz CT molecular complexity index is 479. The van der Waals surface area contributed by atoms with Crippen LogP contribution in [0.2, 0.25) is 0 Å². The maximum Gasteiger partial charge on any atom is 0.0798 e. The van der Waals surface area contributed by atoms with Gasteiger partial charge in [-0.1, -0.05) is 0 Å². The van der Waals surface area contributed by atoms with E-state index in [0.29, 0.717) is 6.04 Å². The third-order valence-electron chi connectivity index (χ3n) is 2.52. The third-order valence-corrected chi connectivity index (χ3v) is 3.86.